The molecule has 0 saturated carbocycles. The molecule has 0 aliphatic heterocycles. The van der Waals surface area contributed by atoms with Crippen LogP contribution in [0.4, 0.5) is 0 Å². The smallest absolute Gasteiger partial charge is 0.144 e. The average molecular weight is 329 g/mol. The van der Waals surface area contributed by atoms with Gasteiger partial charge in [-0.25, -0.2) is 0 Å². The number of aromatic nitrogens is 3. The van der Waals surface area contributed by atoms with E-state index in [4.69, 9.17) is 4.52 Å². The van der Waals surface area contributed by atoms with Gasteiger partial charge in [-0.3, -0.25) is 0 Å². The van der Waals surface area contributed by atoms with Crippen molar-refractivity contribution in [3.8, 4) is 21.8 Å². The van der Waals surface area contributed by atoms with Gasteiger partial charge in [-0.15, -0.1) is 21.5 Å². The van der Waals surface area contributed by atoms with Crippen LogP contribution in [0.3, 0.4) is 0 Å². The van der Waals surface area contributed by atoms with Crippen LogP contribution in [0.5, 0.6) is 0 Å². The Bertz CT molecular complexity index is 1160. The molecule has 4 nitrogen and oxygen atoms in total. The van der Waals surface area contributed by atoms with Gasteiger partial charge >= 0.3 is 0 Å². The highest BCUT2D eigenvalue weighted by Crippen LogP contribution is 2.35. The molecule has 3 aromatic heterocycles. The summed E-state index contributed by atoms with van der Waals surface area (Å²) in [4.78, 5) is 1.06. The van der Waals surface area contributed by atoms with E-state index in [9.17, 15) is 0 Å². The van der Waals surface area contributed by atoms with Crippen LogP contribution in [-0.2, 0) is 0 Å². The fourth-order valence-electron chi connectivity index (χ4n) is 2.99. The monoisotopic (exact) mass is 329 g/mol. The van der Waals surface area contributed by atoms with Gasteiger partial charge < -0.3 is 4.52 Å². The minimum Gasteiger partial charge on any atom is -0.363 e. The van der Waals surface area contributed by atoms with E-state index in [2.05, 4.69) is 33.6 Å². The van der Waals surface area contributed by atoms with E-state index in [1.54, 1.807) is 17.6 Å². The van der Waals surface area contributed by atoms with Crippen LogP contribution in [0.25, 0.3) is 43.5 Å². The zero-order valence-electron chi connectivity index (χ0n) is 12.5. The Morgan fingerprint density at radius 3 is 2.58 bits per heavy atom. The van der Waals surface area contributed by atoms with Gasteiger partial charge in [-0.05, 0) is 22.2 Å². The molecule has 0 radical (unpaired) electrons. The van der Waals surface area contributed by atoms with E-state index in [0.717, 1.165) is 43.5 Å². The minimum absolute atomic E-state index is 0.741. The molecule has 3 heterocycles. The number of hydrogen-bond acceptors (Lipinski definition) is 5. The number of rotatable bonds is 2. The maximum Gasteiger partial charge on any atom is 0.144 e. The Kier molecular flexibility index (Phi) is 2.93. The SMILES string of the molecule is c1csc(-c2nnc(-c3cccc4ccccc34)c3nocc23)c1. The van der Waals surface area contributed by atoms with E-state index in [-0.39, 0.29) is 0 Å². The Labute approximate surface area is 141 Å². The van der Waals surface area contributed by atoms with Crippen LogP contribution in [0.15, 0.2) is 70.8 Å². The number of fused-ring (bicyclic) bond motifs is 2. The molecule has 5 heteroatoms. The lowest BCUT2D eigenvalue weighted by atomic mass is 10.0. The minimum atomic E-state index is 0.741. The maximum absolute atomic E-state index is 5.25. The molecular weight excluding hydrogens is 318 g/mol. The summed E-state index contributed by atoms with van der Waals surface area (Å²) in [5.41, 5.74) is 3.31. The van der Waals surface area contributed by atoms with E-state index in [0.29, 0.717) is 0 Å². The van der Waals surface area contributed by atoms with Crippen molar-refractivity contribution in [1.29, 1.82) is 0 Å². The van der Waals surface area contributed by atoms with Crippen molar-refractivity contribution < 1.29 is 4.52 Å². The van der Waals surface area contributed by atoms with Crippen molar-refractivity contribution in [2.75, 3.05) is 0 Å². The summed E-state index contributed by atoms with van der Waals surface area (Å²) >= 11 is 1.63. The van der Waals surface area contributed by atoms with E-state index >= 15 is 0 Å². The summed E-state index contributed by atoms with van der Waals surface area (Å²) in [5, 5.41) is 18.4. The van der Waals surface area contributed by atoms with E-state index < -0.39 is 0 Å². The van der Waals surface area contributed by atoms with Crippen LogP contribution in [-0.4, -0.2) is 15.4 Å². The summed E-state index contributed by atoms with van der Waals surface area (Å²) in [7, 11) is 0. The predicted octanol–water partition coefficient (Wildman–Crippen LogP) is 5.17. The lowest BCUT2D eigenvalue weighted by Crippen LogP contribution is -1.93. The molecule has 24 heavy (non-hydrogen) atoms. The molecule has 5 rings (SSSR count). The van der Waals surface area contributed by atoms with Crippen LogP contribution >= 0.6 is 11.3 Å². The molecule has 114 valence electrons. The Morgan fingerprint density at radius 1 is 0.792 bits per heavy atom. The molecule has 0 N–H and O–H groups in total. The number of thiophene rings is 1. The molecule has 0 aliphatic carbocycles. The lowest BCUT2D eigenvalue weighted by Gasteiger charge is -2.07. The van der Waals surface area contributed by atoms with Gasteiger partial charge in [-0.2, -0.15) is 0 Å². The molecule has 0 spiro atoms. The number of nitrogens with zero attached hydrogens (tertiary/aromatic N) is 3. The Morgan fingerprint density at radius 2 is 1.67 bits per heavy atom. The third kappa shape index (κ3) is 1.95. The highest BCUT2D eigenvalue weighted by atomic mass is 32.1. The fourth-order valence-corrected chi connectivity index (χ4v) is 3.71. The molecule has 0 aliphatic rings. The molecule has 0 atom stereocenters. The third-order valence-electron chi connectivity index (χ3n) is 4.10. The summed E-state index contributed by atoms with van der Waals surface area (Å²) < 4.78 is 5.25. The van der Waals surface area contributed by atoms with Gasteiger partial charge in [0.25, 0.3) is 0 Å². The van der Waals surface area contributed by atoms with Crippen molar-refractivity contribution >= 4 is 33.0 Å². The topological polar surface area (TPSA) is 51.8 Å². The van der Waals surface area contributed by atoms with Crippen LogP contribution < -0.4 is 0 Å². The molecule has 0 saturated heterocycles. The third-order valence-corrected chi connectivity index (χ3v) is 4.98. The highest BCUT2D eigenvalue weighted by molar-refractivity contribution is 7.13. The largest absolute Gasteiger partial charge is 0.363 e. The first-order valence-corrected chi connectivity index (χ1v) is 8.42. The van der Waals surface area contributed by atoms with Crippen molar-refractivity contribution in [3.05, 3.63) is 66.2 Å². The molecule has 2 aromatic carbocycles. The molecule has 5 aromatic rings. The lowest BCUT2D eigenvalue weighted by molar-refractivity contribution is 0.428. The first-order valence-electron chi connectivity index (χ1n) is 7.54. The maximum atomic E-state index is 5.25. The summed E-state index contributed by atoms with van der Waals surface area (Å²) in [6.45, 7) is 0. The Hall–Kier alpha value is -3.05. The van der Waals surface area contributed by atoms with E-state index in [1.165, 1.54) is 0 Å². The summed E-state index contributed by atoms with van der Waals surface area (Å²) in [5.74, 6) is 0. The molecule has 0 bridgehead atoms. The first kappa shape index (κ1) is 13.4. The van der Waals surface area contributed by atoms with Crippen LogP contribution in [0.2, 0.25) is 0 Å². The van der Waals surface area contributed by atoms with Crippen molar-refractivity contribution in [1.82, 2.24) is 15.4 Å². The van der Waals surface area contributed by atoms with Gasteiger partial charge in [0, 0.05) is 5.56 Å². The second-order valence-corrected chi connectivity index (χ2v) is 6.43. The standard InChI is InChI=1S/C19H11N3OS/c1-2-7-13-12(5-1)6-3-8-14(13)18-19-15(11-23-22-19)17(20-21-18)16-9-4-10-24-16/h1-11H. The highest BCUT2D eigenvalue weighted by Gasteiger charge is 2.17. The predicted molar refractivity (Wildman–Crippen MR) is 95.9 cm³/mol. The van der Waals surface area contributed by atoms with Gasteiger partial charge in [0.1, 0.15) is 23.2 Å². The van der Waals surface area contributed by atoms with Crippen LogP contribution in [0.1, 0.15) is 0 Å². The Balaban J connectivity index is 1.82. The molecule has 0 unspecified atom stereocenters. The first-order chi connectivity index (χ1) is 11.9. The quantitative estimate of drug-likeness (QED) is 0.448. The average Bonchev–Trinajstić information content (AvgIpc) is 3.32. The number of benzene rings is 2. The summed E-state index contributed by atoms with van der Waals surface area (Å²) in [6.07, 6.45) is 1.65. The van der Waals surface area contributed by atoms with Crippen molar-refractivity contribution in [3.63, 3.8) is 0 Å². The normalized spacial score (nSPS) is 11.3. The molecule has 0 fully saturated rings. The van der Waals surface area contributed by atoms with Gasteiger partial charge in [0.15, 0.2) is 0 Å². The van der Waals surface area contributed by atoms with Gasteiger partial charge in [-0.1, -0.05) is 53.7 Å². The van der Waals surface area contributed by atoms with Crippen LogP contribution in [0, 0.1) is 0 Å². The van der Waals surface area contributed by atoms with Gasteiger partial charge in [0.05, 0.1) is 10.3 Å². The van der Waals surface area contributed by atoms with Crippen molar-refractivity contribution in [2.24, 2.45) is 0 Å². The summed E-state index contributed by atoms with van der Waals surface area (Å²) in [6, 6.07) is 18.4. The fraction of sp³-hybridized carbons (Fsp3) is 0. The van der Waals surface area contributed by atoms with Gasteiger partial charge in [0.2, 0.25) is 0 Å². The second-order valence-electron chi connectivity index (χ2n) is 5.48. The van der Waals surface area contributed by atoms with Crippen molar-refractivity contribution in [2.45, 2.75) is 0 Å². The zero-order valence-corrected chi connectivity index (χ0v) is 13.3. The number of hydrogen-bond donors (Lipinski definition) is 0. The molecule has 0 amide bonds. The second kappa shape index (κ2) is 5.25. The van der Waals surface area contributed by atoms with E-state index in [1.807, 2.05) is 41.8 Å². The zero-order chi connectivity index (χ0) is 15.9. The molecular formula is C19H11N3OS.